The third-order valence-corrected chi connectivity index (χ3v) is 5.54. The van der Waals surface area contributed by atoms with Crippen molar-refractivity contribution in [2.75, 3.05) is 44.4 Å². The van der Waals surface area contributed by atoms with Crippen LogP contribution in [0.3, 0.4) is 0 Å². The fourth-order valence-electron chi connectivity index (χ4n) is 3.48. The molecule has 0 aromatic heterocycles. The lowest BCUT2D eigenvalue weighted by atomic mass is 10.1. The molecule has 33 heavy (non-hydrogen) atoms. The molecule has 1 unspecified atom stereocenters. The van der Waals surface area contributed by atoms with E-state index in [0.717, 1.165) is 29.4 Å². The molecular weight excluding hydrogens is 444 g/mol. The Balaban J connectivity index is 1.86. The van der Waals surface area contributed by atoms with E-state index in [1.54, 1.807) is 50.5 Å². The first-order chi connectivity index (χ1) is 15.7. The van der Waals surface area contributed by atoms with E-state index in [4.69, 9.17) is 17.3 Å². The molecule has 1 atom stereocenters. The zero-order chi connectivity index (χ0) is 24.1. The minimum Gasteiger partial charge on any atom is -0.358 e. The molecule has 10 heteroatoms. The predicted octanol–water partition coefficient (Wildman–Crippen LogP) is 2.40. The van der Waals surface area contributed by atoms with Gasteiger partial charge in [-0.25, -0.2) is 4.79 Å². The third kappa shape index (κ3) is 5.81. The molecule has 0 aliphatic carbocycles. The van der Waals surface area contributed by atoms with Crippen LogP contribution in [0.25, 0.3) is 0 Å². The number of likely N-dealkylation sites (N-methyl/N-ethyl adjacent to an activating group) is 1. The van der Waals surface area contributed by atoms with E-state index in [0.29, 0.717) is 16.4 Å². The van der Waals surface area contributed by atoms with Gasteiger partial charge in [0.05, 0.1) is 13.0 Å². The molecule has 9 nitrogen and oxygen atoms in total. The SMILES string of the molecule is CN(C)C(=O)CC(C(=O)Nc1ccc(C2=NCCN2C)cc1)N(C(N)=O)c1ccc(Cl)cc1. The lowest BCUT2D eigenvalue weighted by molar-refractivity contribution is -0.131. The van der Waals surface area contributed by atoms with Crippen molar-refractivity contribution in [3.63, 3.8) is 0 Å². The van der Waals surface area contributed by atoms with E-state index in [-0.39, 0.29) is 12.3 Å². The van der Waals surface area contributed by atoms with Gasteiger partial charge >= 0.3 is 6.03 Å². The fourth-order valence-corrected chi connectivity index (χ4v) is 3.61. The highest BCUT2D eigenvalue weighted by atomic mass is 35.5. The van der Waals surface area contributed by atoms with Crippen LogP contribution in [0.15, 0.2) is 53.5 Å². The van der Waals surface area contributed by atoms with Crippen molar-refractivity contribution in [1.82, 2.24) is 9.80 Å². The van der Waals surface area contributed by atoms with Gasteiger partial charge in [0.2, 0.25) is 11.8 Å². The van der Waals surface area contributed by atoms with Gasteiger partial charge < -0.3 is 20.9 Å². The van der Waals surface area contributed by atoms with E-state index < -0.39 is 18.0 Å². The molecule has 3 rings (SSSR count). The maximum atomic E-state index is 13.3. The van der Waals surface area contributed by atoms with Crippen LogP contribution < -0.4 is 16.0 Å². The molecule has 1 aliphatic heterocycles. The van der Waals surface area contributed by atoms with Crippen molar-refractivity contribution in [2.45, 2.75) is 12.5 Å². The number of urea groups is 1. The molecule has 3 N–H and O–H groups in total. The standard InChI is InChI=1S/C23H27ClN6O3/c1-28(2)20(31)14-19(30(23(25)33)18-10-6-16(24)7-11-18)22(32)27-17-8-4-15(5-9-17)21-26-12-13-29(21)3/h4-11,19H,12-14H2,1-3H3,(H2,25,33)(H,27,32). The summed E-state index contributed by atoms with van der Waals surface area (Å²) in [7, 11) is 5.13. The largest absolute Gasteiger partial charge is 0.358 e. The minimum atomic E-state index is -1.16. The summed E-state index contributed by atoms with van der Waals surface area (Å²) in [5.41, 5.74) is 7.44. The quantitative estimate of drug-likeness (QED) is 0.647. The summed E-state index contributed by atoms with van der Waals surface area (Å²) in [6.07, 6.45) is -0.246. The molecule has 1 heterocycles. The maximum absolute atomic E-state index is 13.3. The van der Waals surface area contributed by atoms with Gasteiger partial charge in [-0.1, -0.05) is 11.6 Å². The van der Waals surface area contributed by atoms with E-state index in [9.17, 15) is 14.4 Å². The van der Waals surface area contributed by atoms with Crippen LogP contribution in [0.4, 0.5) is 16.2 Å². The highest BCUT2D eigenvalue weighted by Crippen LogP contribution is 2.23. The lowest BCUT2D eigenvalue weighted by Gasteiger charge is -2.30. The summed E-state index contributed by atoms with van der Waals surface area (Å²) < 4.78 is 0. The Hall–Kier alpha value is -3.59. The van der Waals surface area contributed by atoms with Gasteiger partial charge in [-0.05, 0) is 48.5 Å². The van der Waals surface area contributed by atoms with Crippen LogP contribution >= 0.6 is 11.6 Å². The first-order valence-corrected chi connectivity index (χ1v) is 10.8. The number of aliphatic imine (C=N–C) groups is 1. The van der Waals surface area contributed by atoms with Gasteiger partial charge in [-0.2, -0.15) is 0 Å². The normalized spacial score (nSPS) is 13.8. The number of nitrogens with two attached hydrogens (primary N) is 1. The van der Waals surface area contributed by atoms with Gasteiger partial charge in [0, 0.05) is 49.6 Å². The van der Waals surface area contributed by atoms with Crippen molar-refractivity contribution in [2.24, 2.45) is 10.7 Å². The maximum Gasteiger partial charge on any atom is 0.320 e. The number of nitrogens with one attached hydrogen (secondary N) is 1. The summed E-state index contributed by atoms with van der Waals surface area (Å²) >= 11 is 5.95. The smallest absolute Gasteiger partial charge is 0.320 e. The number of nitrogens with zero attached hydrogens (tertiary/aromatic N) is 4. The second-order valence-electron chi connectivity index (χ2n) is 7.89. The molecule has 1 aliphatic rings. The first-order valence-electron chi connectivity index (χ1n) is 10.4. The molecule has 0 radical (unpaired) electrons. The number of hydrogen-bond acceptors (Lipinski definition) is 5. The van der Waals surface area contributed by atoms with Gasteiger partial charge in [-0.15, -0.1) is 0 Å². The Bertz CT molecular complexity index is 1050. The fraction of sp³-hybridized carbons (Fsp3) is 0.304. The number of halogens is 1. The van der Waals surface area contributed by atoms with Crippen LogP contribution in [-0.4, -0.2) is 73.8 Å². The van der Waals surface area contributed by atoms with Crippen molar-refractivity contribution in [3.8, 4) is 0 Å². The summed E-state index contributed by atoms with van der Waals surface area (Å²) in [4.78, 5) is 47.1. The summed E-state index contributed by atoms with van der Waals surface area (Å²) in [6, 6.07) is 11.5. The van der Waals surface area contributed by atoms with Crippen LogP contribution in [-0.2, 0) is 9.59 Å². The summed E-state index contributed by atoms with van der Waals surface area (Å²) in [6.45, 7) is 1.61. The van der Waals surface area contributed by atoms with E-state index >= 15 is 0 Å². The van der Waals surface area contributed by atoms with Crippen molar-refractivity contribution in [3.05, 3.63) is 59.1 Å². The number of amidine groups is 1. The second-order valence-corrected chi connectivity index (χ2v) is 8.32. The molecule has 2 aromatic rings. The number of amides is 4. The Morgan fingerprint density at radius 1 is 1.12 bits per heavy atom. The Labute approximate surface area is 197 Å². The van der Waals surface area contributed by atoms with E-state index in [2.05, 4.69) is 15.2 Å². The highest BCUT2D eigenvalue weighted by molar-refractivity contribution is 6.30. The number of benzene rings is 2. The van der Waals surface area contributed by atoms with Crippen LogP contribution in [0.2, 0.25) is 5.02 Å². The Morgan fingerprint density at radius 3 is 2.27 bits per heavy atom. The molecule has 174 valence electrons. The molecular formula is C23H27ClN6O3. The van der Waals surface area contributed by atoms with Crippen molar-refractivity contribution in [1.29, 1.82) is 0 Å². The van der Waals surface area contributed by atoms with Gasteiger partial charge in [0.25, 0.3) is 0 Å². The number of anilines is 2. The molecule has 0 spiro atoms. The molecule has 0 saturated carbocycles. The average Bonchev–Trinajstić information content (AvgIpc) is 3.20. The monoisotopic (exact) mass is 470 g/mol. The number of carbonyl (C=O) groups is 3. The van der Waals surface area contributed by atoms with Crippen molar-refractivity contribution >= 4 is 46.7 Å². The van der Waals surface area contributed by atoms with Crippen LogP contribution in [0.5, 0.6) is 0 Å². The van der Waals surface area contributed by atoms with Gasteiger partial charge in [0.1, 0.15) is 11.9 Å². The molecule has 4 amide bonds. The summed E-state index contributed by atoms with van der Waals surface area (Å²) in [5, 5.41) is 3.26. The van der Waals surface area contributed by atoms with Crippen LogP contribution in [0, 0.1) is 0 Å². The topological polar surface area (TPSA) is 111 Å². The zero-order valence-corrected chi connectivity index (χ0v) is 19.5. The highest BCUT2D eigenvalue weighted by Gasteiger charge is 2.33. The van der Waals surface area contributed by atoms with Gasteiger partial charge in [-0.3, -0.25) is 19.5 Å². The Kier molecular flexibility index (Phi) is 7.55. The number of primary amides is 1. The number of rotatable bonds is 7. The van der Waals surface area contributed by atoms with Crippen LogP contribution in [0.1, 0.15) is 12.0 Å². The Morgan fingerprint density at radius 2 is 1.76 bits per heavy atom. The number of carbonyl (C=O) groups excluding carboxylic acids is 3. The van der Waals surface area contributed by atoms with Gasteiger partial charge in [0.15, 0.2) is 0 Å². The number of hydrogen-bond donors (Lipinski definition) is 2. The summed E-state index contributed by atoms with van der Waals surface area (Å²) in [5.74, 6) is 0.0278. The molecule has 0 fully saturated rings. The molecule has 0 bridgehead atoms. The first kappa shape index (κ1) is 24.1. The zero-order valence-electron chi connectivity index (χ0n) is 18.8. The second kappa shape index (κ2) is 10.4. The molecule has 0 saturated heterocycles. The van der Waals surface area contributed by atoms with Crippen molar-refractivity contribution < 1.29 is 14.4 Å². The minimum absolute atomic E-state index is 0.246. The van der Waals surface area contributed by atoms with E-state index in [1.807, 2.05) is 19.2 Å². The van der Waals surface area contributed by atoms with E-state index in [1.165, 1.54) is 4.90 Å². The molecule has 2 aromatic carbocycles. The lowest BCUT2D eigenvalue weighted by Crippen LogP contribution is -2.51. The predicted molar refractivity (Wildman–Crippen MR) is 130 cm³/mol. The third-order valence-electron chi connectivity index (χ3n) is 5.29. The average molecular weight is 471 g/mol.